The van der Waals surface area contributed by atoms with Crippen LogP contribution in [0, 0.1) is 0 Å². The summed E-state index contributed by atoms with van der Waals surface area (Å²) in [5.41, 5.74) is 2.79. The highest BCUT2D eigenvalue weighted by atomic mass is 79.9. The van der Waals surface area contributed by atoms with Crippen LogP contribution in [0.2, 0.25) is 5.02 Å². The molecule has 0 spiro atoms. The molecule has 18 heavy (non-hydrogen) atoms. The minimum absolute atomic E-state index is 0.717. The molecule has 2 heterocycles. The van der Waals surface area contributed by atoms with Crippen molar-refractivity contribution in [2.24, 2.45) is 0 Å². The van der Waals surface area contributed by atoms with E-state index < -0.39 is 0 Å². The van der Waals surface area contributed by atoms with Gasteiger partial charge in [-0.15, -0.1) is 0 Å². The van der Waals surface area contributed by atoms with Gasteiger partial charge in [-0.1, -0.05) is 23.7 Å². The van der Waals surface area contributed by atoms with Gasteiger partial charge in [0.05, 0.1) is 5.52 Å². The van der Waals surface area contributed by atoms with Crippen LogP contribution in [0.3, 0.4) is 0 Å². The van der Waals surface area contributed by atoms with Crippen LogP contribution in [0.5, 0.6) is 0 Å². The van der Waals surface area contributed by atoms with Gasteiger partial charge in [-0.25, -0.2) is 9.97 Å². The van der Waals surface area contributed by atoms with Gasteiger partial charge in [0.1, 0.15) is 5.82 Å². The second kappa shape index (κ2) is 4.71. The SMILES string of the molecule is Clc1cccc(Cc2nc3ncc(Br)cc3[nH]2)c1. The van der Waals surface area contributed by atoms with Crippen LogP contribution in [0.25, 0.3) is 11.2 Å². The summed E-state index contributed by atoms with van der Waals surface area (Å²) in [5, 5.41) is 0.740. The highest BCUT2D eigenvalue weighted by Gasteiger charge is 2.05. The van der Waals surface area contributed by atoms with Gasteiger partial charge >= 0.3 is 0 Å². The van der Waals surface area contributed by atoms with E-state index in [1.807, 2.05) is 30.3 Å². The van der Waals surface area contributed by atoms with E-state index in [0.29, 0.717) is 6.42 Å². The first-order valence-electron chi connectivity index (χ1n) is 5.45. The molecule has 0 saturated heterocycles. The van der Waals surface area contributed by atoms with E-state index in [1.165, 1.54) is 0 Å². The number of nitrogens with one attached hydrogen (secondary N) is 1. The molecular weight excluding hydrogens is 314 g/mol. The first kappa shape index (κ1) is 11.7. The topological polar surface area (TPSA) is 41.6 Å². The Morgan fingerprint density at radius 3 is 3.00 bits per heavy atom. The third kappa shape index (κ3) is 2.40. The molecule has 0 saturated carbocycles. The van der Waals surface area contributed by atoms with Crippen LogP contribution in [-0.4, -0.2) is 15.0 Å². The zero-order valence-electron chi connectivity index (χ0n) is 9.32. The average molecular weight is 323 g/mol. The molecular formula is C13H9BrClN3. The fourth-order valence-electron chi connectivity index (χ4n) is 1.85. The van der Waals surface area contributed by atoms with Gasteiger partial charge in [0.15, 0.2) is 5.65 Å². The lowest BCUT2D eigenvalue weighted by Gasteiger charge is -1.98. The summed E-state index contributed by atoms with van der Waals surface area (Å²) >= 11 is 9.35. The molecule has 0 aliphatic carbocycles. The normalized spacial score (nSPS) is 11.0. The highest BCUT2D eigenvalue weighted by Crippen LogP contribution is 2.18. The van der Waals surface area contributed by atoms with E-state index >= 15 is 0 Å². The van der Waals surface area contributed by atoms with Crippen molar-refractivity contribution in [1.29, 1.82) is 0 Å². The quantitative estimate of drug-likeness (QED) is 0.776. The van der Waals surface area contributed by atoms with Gasteiger partial charge in [0, 0.05) is 22.1 Å². The molecule has 0 fully saturated rings. The van der Waals surface area contributed by atoms with Crippen LogP contribution < -0.4 is 0 Å². The predicted octanol–water partition coefficient (Wildman–Crippen LogP) is 3.96. The van der Waals surface area contributed by atoms with E-state index in [9.17, 15) is 0 Å². The van der Waals surface area contributed by atoms with E-state index in [2.05, 4.69) is 30.9 Å². The largest absolute Gasteiger partial charge is 0.340 e. The van der Waals surface area contributed by atoms with Crippen LogP contribution in [0.4, 0.5) is 0 Å². The smallest absolute Gasteiger partial charge is 0.177 e. The van der Waals surface area contributed by atoms with Crippen molar-refractivity contribution in [2.75, 3.05) is 0 Å². The molecule has 0 unspecified atom stereocenters. The first-order chi connectivity index (χ1) is 8.70. The minimum atomic E-state index is 0.717. The number of fused-ring (bicyclic) bond motifs is 1. The number of nitrogens with zero attached hydrogens (tertiary/aromatic N) is 2. The number of pyridine rings is 1. The van der Waals surface area contributed by atoms with Crippen LogP contribution in [0.1, 0.15) is 11.4 Å². The zero-order valence-corrected chi connectivity index (χ0v) is 11.7. The fourth-order valence-corrected chi connectivity index (χ4v) is 2.39. The lowest BCUT2D eigenvalue weighted by molar-refractivity contribution is 1.03. The Hall–Kier alpha value is -1.39. The van der Waals surface area contributed by atoms with Gasteiger partial charge in [-0.05, 0) is 39.7 Å². The lowest BCUT2D eigenvalue weighted by atomic mass is 10.1. The maximum atomic E-state index is 5.96. The molecule has 90 valence electrons. The average Bonchev–Trinajstić information content (AvgIpc) is 2.70. The Kier molecular flexibility index (Phi) is 3.06. The van der Waals surface area contributed by atoms with Crippen molar-refractivity contribution in [3.63, 3.8) is 0 Å². The first-order valence-corrected chi connectivity index (χ1v) is 6.62. The standard InChI is InChI=1S/C13H9BrClN3/c14-9-6-11-13(16-7-9)18-12(17-11)5-8-2-1-3-10(15)4-8/h1-4,6-7H,5H2,(H,16,17,18). The number of aromatic nitrogens is 3. The summed E-state index contributed by atoms with van der Waals surface area (Å²) in [6.45, 7) is 0. The molecule has 1 N–H and O–H groups in total. The molecule has 1 aromatic carbocycles. The molecule has 0 radical (unpaired) electrons. The molecule has 0 bridgehead atoms. The molecule has 0 amide bonds. The summed E-state index contributed by atoms with van der Waals surface area (Å²) in [7, 11) is 0. The molecule has 2 aromatic heterocycles. The monoisotopic (exact) mass is 321 g/mol. The number of halogens is 2. The second-order valence-corrected chi connectivity index (χ2v) is 5.37. The van der Waals surface area contributed by atoms with Crippen molar-refractivity contribution in [3.05, 3.63) is 57.4 Å². The van der Waals surface area contributed by atoms with Gasteiger partial charge in [0.25, 0.3) is 0 Å². The van der Waals surface area contributed by atoms with E-state index in [1.54, 1.807) is 6.20 Å². The van der Waals surface area contributed by atoms with E-state index in [-0.39, 0.29) is 0 Å². The third-order valence-electron chi connectivity index (χ3n) is 2.61. The number of aromatic amines is 1. The number of hydrogen-bond acceptors (Lipinski definition) is 2. The van der Waals surface area contributed by atoms with Crippen LogP contribution >= 0.6 is 27.5 Å². The van der Waals surface area contributed by atoms with Gasteiger partial charge in [0.2, 0.25) is 0 Å². The Labute approximate surface area is 117 Å². The zero-order chi connectivity index (χ0) is 12.5. The van der Waals surface area contributed by atoms with Crippen molar-refractivity contribution in [3.8, 4) is 0 Å². The Balaban J connectivity index is 1.95. The van der Waals surface area contributed by atoms with Gasteiger partial charge < -0.3 is 4.98 Å². The van der Waals surface area contributed by atoms with E-state index in [4.69, 9.17) is 11.6 Å². The predicted molar refractivity (Wildman–Crippen MR) is 75.8 cm³/mol. The van der Waals surface area contributed by atoms with Gasteiger partial charge in [-0.3, -0.25) is 0 Å². The maximum absolute atomic E-state index is 5.96. The number of rotatable bonds is 2. The lowest BCUT2D eigenvalue weighted by Crippen LogP contribution is -1.90. The van der Waals surface area contributed by atoms with Crippen LogP contribution in [-0.2, 0) is 6.42 Å². The molecule has 3 rings (SSSR count). The molecule has 5 heteroatoms. The summed E-state index contributed by atoms with van der Waals surface area (Å²) in [5.74, 6) is 0.887. The van der Waals surface area contributed by atoms with Crippen molar-refractivity contribution < 1.29 is 0 Å². The Morgan fingerprint density at radius 2 is 2.17 bits per heavy atom. The molecule has 0 aliphatic rings. The minimum Gasteiger partial charge on any atom is -0.340 e. The van der Waals surface area contributed by atoms with Gasteiger partial charge in [-0.2, -0.15) is 0 Å². The summed E-state index contributed by atoms with van der Waals surface area (Å²) in [6.07, 6.45) is 2.46. The summed E-state index contributed by atoms with van der Waals surface area (Å²) in [4.78, 5) is 12.0. The number of imidazole rings is 1. The molecule has 3 nitrogen and oxygen atoms in total. The number of benzene rings is 1. The van der Waals surface area contributed by atoms with Crippen LogP contribution in [0.15, 0.2) is 41.0 Å². The number of H-pyrrole nitrogens is 1. The molecule has 3 aromatic rings. The van der Waals surface area contributed by atoms with E-state index in [0.717, 1.165) is 32.0 Å². The Bertz CT molecular complexity index is 708. The second-order valence-electron chi connectivity index (χ2n) is 4.01. The highest BCUT2D eigenvalue weighted by molar-refractivity contribution is 9.10. The van der Waals surface area contributed by atoms with Crippen molar-refractivity contribution in [1.82, 2.24) is 15.0 Å². The molecule has 0 aliphatic heterocycles. The molecule has 0 atom stereocenters. The van der Waals surface area contributed by atoms with Crippen molar-refractivity contribution >= 4 is 38.7 Å². The summed E-state index contributed by atoms with van der Waals surface area (Å²) in [6, 6.07) is 9.74. The third-order valence-corrected chi connectivity index (χ3v) is 3.28. The Morgan fingerprint density at radius 1 is 1.28 bits per heavy atom. The summed E-state index contributed by atoms with van der Waals surface area (Å²) < 4.78 is 0.938. The number of hydrogen-bond donors (Lipinski definition) is 1. The fraction of sp³-hybridized carbons (Fsp3) is 0.0769. The maximum Gasteiger partial charge on any atom is 0.177 e. The van der Waals surface area contributed by atoms with Crippen molar-refractivity contribution in [2.45, 2.75) is 6.42 Å².